The molecule has 0 nitrogen and oxygen atoms in total. The highest BCUT2D eigenvalue weighted by molar-refractivity contribution is 4.80. The maximum atomic E-state index is 1.58. The van der Waals surface area contributed by atoms with Crippen LogP contribution in [0.2, 0.25) is 0 Å². The van der Waals surface area contributed by atoms with Crippen LogP contribution in [0.3, 0.4) is 0 Å². The lowest BCUT2D eigenvalue weighted by atomic mass is 9.89. The molecule has 0 N–H and O–H groups in total. The van der Waals surface area contributed by atoms with Crippen LogP contribution in [0, 0.1) is 11.8 Å². The van der Waals surface area contributed by atoms with Crippen molar-refractivity contribution in [1.82, 2.24) is 0 Å². The second-order valence-electron chi connectivity index (χ2n) is 3.48. The predicted molar refractivity (Wildman–Crippen MR) is 34.7 cm³/mol. The Kier molecular flexibility index (Phi) is 1.06. The molecule has 0 saturated heterocycles. The SMILES string of the molecule is C1CC2CC[C@H](C1)C2. The average Bonchev–Trinajstić information content (AvgIpc) is 2.12. The topological polar surface area (TPSA) is 0 Å². The van der Waals surface area contributed by atoms with E-state index in [4.69, 9.17) is 0 Å². The van der Waals surface area contributed by atoms with Gasteiger partial charge in [0.25, 0.3) is 0 Å². The summed E-state index contributed by atoms with van der Waals surface area (Å²) in [6.45, 7) is 0. The molecule has 0 heterocycles. The third kappa shape index (κ3) is 0.667. The molecular weight excluding hydrogens is 96.1 g/mol. The fraction of sp³-hybridized carbons (Fsp3) is 1.00. The van der Waals surface area contributed by atoms with Gasteiger partial charge in [-0.3, -0.25) is 0 Å². The first-order valence-electron chi connectivity index (χ1n) is 3.95. The summed E-state index contributed by atoms with van der Waals surface area (Å²) in [5, 5.41) is 0. The van der Waals surface area contributed by atoms with Gasteiger partial charge >= 0.3 is 0 Å². The third-order valence-electron chi connectivity index (χ3n) is 2.87. The molecule has 2 aliphatic rings. The molecule has 0 aliphatic heterocycles. The standard InChI is InChI=1S/C8H14/c1-2-7-4-5-8(3-1)6-7/h7-8H,1-6H2/t7-,8?/m0/s1. The van der Waals surface area contributed by atoms with Gasteiger partial charge in [-0.1, -0.05) is 32.1 Å². The molecular formula is C8H14. The maximum Gasteiger partial charge on any atom is -0.0412 e. The van der Waals surface area contributed by atoms with Crippen LogP contribution in [0.25, 0.3) is 0 Å². The van der Waals surface area contributed by atoms with Gasteiger partial charge in [0.1, 0.15) is 0 Å². The van der Waals surface area contributed by atoms with E-state index in [1.807, 2.05) is 0 Å². The molecule has 0 aromatic carbocycles. The zero-order chi connectivity index (χ0) is 5.40. The van der Waals surface area contributed by atoms with Crippen LogP contribution in [0.1, 0.15) is 38.5 Å². The largest absolute Gasteiger partial charge is 0.0528 e. The quantitative estimate of drug-likeness (QED) is 0.449. The van der Waals surface area contributed by atoms with E-state index < -0.39 is 0 Å². The second kappa shape index (κ2) is 1.75. The van der Waals surface area contributed by atoms with Gasteiger partial charge in [-0.15, -0.1) is 0 Å². The monoisotopic (exact) mass is 110 g/mol. The number of hydrogen-bond acceptors (Lipinski definition) is 0. The molecule has 0 heteroatoms. The second-order valence-corrected chi connectivity index (χ2v) is 3.48. The van der Waals surface area contributed by atoms with Crippen molar-refractivity contribution in [3.8, 4) is 0 Å². The zero-order valence-corrected chi connectivity index (χ0v) is 5.40. The summed E-state index contributed by atoms with van der Waals surface area (Å²) in [7, 11) is 0. The summed E-state index contributed by atoms with van der Waals surface area (Å²) in [4.78, 5) is 0. The Morgan fingerprint density at radius 1 is 0.750 bits per heavy atom. The Bertz CT molecular complexity index is 72.0. The highest BCUT2D eigenvalue weighted by Gasteiger charge is 2.27. The highest BCUT2D eigenvalue weighted by Crippen LogP contribution is 2.41. The van der Waals surface area contributed by atoms with Crippen LogP contribution in [0.15, 0.2) is 0 Å². The zero-order valence-electron chi connectivity index (χ0n) is 5.40. The molecule has 0 aromatic heterocycles. The minimum Gasteiger partial charge on any atom is -0.0528 e. The van der Waals surface area contributed by atoms with Crippen LogP contribution < -0.4 is 0 Å². The summed E-state index contributed by atoms with van der Waals surface area (Å²) in [6.07, 6.45) is 9.34. The number of fused-ring (bicyclic) bond motifs is 2. The Morgan fingerprint density at radius 3 is 1.88 bits per heavy atom. The fourth-order valence-electron chi connectivity index (χ4n) is 2.40. The van der Waals surface area contributed by atoms with Crippen molar-refractivity contribution in [3.05, 3.63) is 0 Å². The average molecular weight is 110 g/mol. The Balaban J connectivity index is 2.03. The van der Waals surface area contributed by atoms with Gasteiger partial charge in [0.15, 0.2) is 0 Å². The first-order valence-corrected chi connectivity index (χ1v) is 3.95. The van der Waals surface area contributed by atoms with E-state index in [-0.39, 0.29) is 0 Å². The summed E-state index contributed by atoms with van der Waals surface area (Å²) in [5.74, 6) is 2.32. The number of rotatable bonds is 0. The molecule has 2 atom stereocenters. The first kappa shape index (κ1) is 4.84. The molecule has 0 radical (unpaired) electrons. The predicted octanol–water partition coefficient (Wildman–Crippen LogP) is 2.59. The molecule has 46 valence electrons. The van der Waals surface area contributed by atoms with Gasteiger partial charge < -0.3 is 0 Å². The molecule has 8 heavy (non-hydrogen) atoms. The molecule has 0 spiro atoms. The van der Waals surface area contributed by atoms with Crippen molar-refractivity contribution >= 4 is 0 Å². The summed E-state index contributed by atoms with van der Waals surface area (Å²) < 4.78 is 0. The summed E-state index contributed by atoms with van der Waals surface area (Å²) >= 11 is 0. The van der Waals surface area contributed by atoms with Crippen molar-refractivity contribution < 1.29 is 0 Å². The minimum absolute atomic E-state index is 1.16. The van der Waals surface area contributed by atoms with Crippen molar-refractivity contribution in [2.45, 2.75) is 38.5 Å². The van der Waals surface area contributed by atoms with Crippen LogP contribution in [-0.2, 0) is 0 Å². The lowest BCUT2D eigenvalue weighted by Crippen LogP contribution is -2.03. The molecule has 1 unspecified atom stereocenters. The van der Waals surface area contributed by atoms with Crippen LogP contribution in [-0.4, -0.2) is 0 Å². The highest BCUT2D eigenvalue weighted by atomic mass is 14.3. The Morgan fingerprint density at radius 2 is 1.38 bits per heavy atom. The molecule has 2 rings (SSSR count). The van der Waals surface area contributed by atoms with Crippen LogP contribution >= 0.6 is 0 Å². The Labute approximate surface area is 51.3 Å². The van der Waals surface area contributed by atoms with E-state index in [1.54, 1.807) is 32.1 Å². The van der Waals surface area contributed by atoms with E-state index in [2.05, 4.69) is 0 Å². The summed E-state index contributed by atoms with van der Waals surface area (Å²) in [6, 6.07) is 0. The van der Waals surface area contributed by atoms with E-state index in [0.29, 0.717) is 0 Å². The van der Waals surface area contributed by atoms with E-state index in [0.717, 1.165) is 11.8 Å². The van der Waals surface area contributed by atoms with Crippen LogP contribution in [0.5, 0.6) is 0 Å². The van der Waals surface area contributed by atoms with Crippen LogP contribution in [0.4, 0.5) is 0 Å². The van der Waals surface area contributed by atoms with Crippen molar-refractivity contribution in [1.29, 1.82) is 0 Å². The van der Waals surface area contributed by atoms with Gasteiger partial charge in [-0.05, 0) is 18.3 Å². The molecule has 2 fully saturated rings. The normalized spacial score (nSPS) is 45.0. The van der Waals surface area contributed by atoms with E-state index in [1.165, 1.54) is 6.42 Å². The van der Waals surface area contributed by atoms with Gasteiger partial charge in [-0.2, -0.15) is 0 Å². The molecule has 2 saturated carbocycles. The van der Waals surface area contributed by atoms with E-state index >= 15 is 0 Å². The molecule has 0 amide bonds. The minimum atomic E-state index is 1.16. The van der Waals surface area contributed by atoms with Gasteiger partial charge in [0, 0.05) is 0 Å². The molecule has 0 aromatic rings. The lowest BCUT2D eigenvalue weighted by Gasteiger charge is -2.16. The van der Waals surface area contributed by atoms with Gasteiger partial charge in [0.2, 0.25) is 0 Å². The third-order valence-corrected chi connectivity index (χ3v) is 2.87. The summed E-state index contributed by atoms with van der Waals surface area (Å²) in [5.41, 5.74) is 0. The Hall–Kier alpha value is 0. The molecule has 2 bridgehead atoms. The van der Waals surface area contributed by atoms with Crippen molar-refractivity contribution in [3.63, 3.8) is 0 Å². The number of hydrogen-bond donors (Lipinski definition) is 0. The first-order chi connectivity index (χ1) is 3.95. The smallest absolute Gasteiger partial charge is 0.0412 e. The van der Waals surface area contributed by atoms with E-state index in [9.17, 15) is 0 Å². The maximum absolute atomic E-state index is 1.58. The van der Waals surface area contributed by atoms with Gasteiger partial charge in [-0.25, -0.2) is 0 Å². The molecule has 2 aliphatic carbocycles. The van der Waals surface area contributed by atoms with Gasteiger partial charge in [0.05, 0.1) is 0 Å². The van der Waals surface area contributed by atoms with Crippen molar-refractivity contribution in [2.75, 3.05) is 0 Å². The lowest BCUT2D eigenvalue weighted by molar-refractivity contribution is 0.359. The fourth-order valence-corrected chi connectivity index (χ4v) is 2.40. The van der Waals surface area contributed by atoms with Crippen molar-refractivity contribution in [2.24, 2.45) is 11.8 Å².